The molecule has 0 spiro atoms. The van der Waals surface area contributed by atoms with Crippen molar-refractivity contribution >= 4 is 18.1 Å². The van der Waals surface area contributed by atoms with Gasteiger partial charge in [0.05, 0.1) is 19.3 Å². The minimum atomic E-state index is -0.461. The van der Waals surface area contributed by atoms with Gasteiger partial charge in [0.1, 0.15) is 0 Å². The first-order valence-electron chi connectivity index (χ1n) is 5.63. The molecule has 0 amide bonds. The maximum absolute atomic E-state index is 11.6. The van der Waals surface area contributed by atoms with E-state index in [9.17, 15) is 4.79 Å². The molecule has 1 rings (SSSR count). The van der Waals surface area contributed by atoms with Gasteiger partial charge in [-0.3, -0.25) is 4.68 Å². The first-order valence-corrected chi connectivity index (χ1v) is 5.63. The summed E-state index contributed by atoms with van der Waals surface area (Å²) in [5.41, 5.74) is 1.73. The number of nitrogens with zero attached hydrogens (tertiary/aromatic N) is 3. The average Bonchev–Trinajstić information content (AvgIpc) is 2.72. The molecule has 1 aromatic rings. The lowest BCUT2D eigenvalue weighted by atomic mass is 10.1. The standard InChI is InChI=1S/C13H19N3O2/c1-6-10-11(7-2)16(9-8-15(3)4)14-12(10)13(17)18-5/h6-7H,1-2,8-9H2,3-5H3. The molecule has 0 radical (unpaired) electrons. The molecule has 0 bridgehead atoms. The summed E-state index contributed by atoms with van der Waals surface area (Å²) >= 11 is 0. The van der Waals surface area contributed by atoms with Gasteiger partial charge in [0.2, 0.25) is 0 Å². The second kappa shape index (κ2) is 6.16. The molecular weight excluding hydrogens is 230 g/mol. The SMILES string of the molecule is C=Cc1c(C(=O)OC)nn(CCN(C)C)c1C=C. The maximum atomic E-state index is 11.6. The van der Waals surface area contributed by atoms with Crippen molar-refractivity contribution in [2.75, 3.05) is 27.7 Å². The third kappa shape index (κ3) is 2.87. The van der Waals surface area contributed by atoms with E-state index in [1.54, 1.807) is 16.8 Å². The third-order valence-electron chi connectivity index (χ3n) is 2.57. The normalized spacial score (nSPS) is 10.4. The maximum Gasteiger partial charge on any atom is 0.359 e. The Morgan fingerprint density at radius 1 is 1.44 bits per heavy atom. The van der Waals surface area contributed by atoms with E-state index in [2.05, 4.69) is 18.3 Å². The van der Waals surface area contributed by atoms with Crippen molar-refractivity contribution in [3.05, 3.63) is 30.1 Å². The zero-order valence-corrected chi connectivity index (χ0v) is 11.1. The Morgan fingerprint density at radius 2 is 2.11 bits per heavy atom. The molecule has 5 heteroatoms. The van der Waals surface area contributed by atoms with Gasteiger partial charge in [0, 0.05) is 12.1 Å². The molecule has 0 unspecified atom stereocenters. The lowest BCUT2D eigenvalue weighted by Gasteiger charge is -2.10. The zero-order valence-electron chi connectivity index (χ0n) is 11.1. The fourth-order valence-electron chi connectivity index (χ4n) is 1.62. The van der Waals surface area contributed by atoms with Crippen LogP contribution in [0, 0.1) is 0 Å². The highest BCUT2D eigenvalue weighted by molar-refractivity contribution is 5.92. The van der Waals surface area contributed by atoms with Gasteiger partial charge in [0.15, 0.2) is 5.69 Å². The van der Waals surface area contributed by atoms with E-state index in [1.807, 2.05) is 19.0 Å². The number of esters is 1. The van der Waals surface area contributed by atoms with Crippen molar-refractivity contribution in [2.24, 2.45) is 0 Å². The molecule has 18 heavy (non-hydrogen) atoms. The van der Waals surface area contributed by atoms with Crippen molar-refractivity contribution in [2.45, 2.75) is 6.54 Å². The fourth-order valence-corrected chi connectivity index (χ4v) is 1.62. The highest BCUT2D eigenvalue weighted by Gasteiger charge is 2.19. The number of carbonyl (C=O) groups is 1. The predicted molar refractivity (Wildman–Crippen MR) is 72.3 cm³/mol. The van der Waals surface area contributed by atoms with Crippen LogP contribution in [-0.4, -0.2) is 48.4 Å². The van der Waals surface area contributed by atoms with E-state index in [0.717, 1.165) is 12.2 Å². The zero-order chi connectivity index (χ0) is 13.7. The number of hydrogen-bond donors (Lipinski definition) is 0. The Hall–Kier alpha value is -1.88. The van der Waals surface area contributed by atoms with Gasteiger partial charge < -0.3 is 9.64 Å². The second-order valence-corrected chi connectivity index (χ2v) is 4.07. The number of methoxy groups -OCH3 is 1. The smallest absolute Gasteiger partial charge is 0.359 e. The minimum absolute atomic E-state index is 0.279. The molecule has 0 aliphatic rings. The molecule has 0 aliphatic carbocycles. The molecule has 1 heterocycles. The monoisotopic (exact) mass is 249 g/mol. The van der Waals surface area contributed by atoms with Crippen LogP contribution in [0.25, 0.3) is 12.2 Å². The molecule has 0 atom stereocenters. The van der Waals surface area contributed by atoms with Crippen LogP contribution in [0.1, 0.15) is 21.7 Å². The number of rotatable bonds is 6. The van der Waals surface area contributed by atoms with Gasteiger partial charge in [-0.2, -0.15) is 5.10 Å². The van der Waals surface area contributed by atoms with Crippen LogP contribution in [0.15, 0.2) is 13.2 Å². The van der Waals surface area contributed by atoms with E-state index >= 15 is 0 Å². The Labute approximate surface area is 107 Å². The van der Waals surface area contributed by atoms with Crippen LogP contribution in [0.2, 0.25) is 0 Å². The lowest BCUT2D eigenvalue weighted by molar-refractivity contribution is 0.0592. The third-order valence-corrected chi connectivity index (χ3v) is 2.57. The molecule has 0 aromatic carbocycles. The molecule has 0 N–H and O–H groups in total. The molecule has 5 nitrogen and oxygen atoms in total. The van der Waals surface area contributed by atoms with E-state index in [1.165, 1.54) is 7.11 Å². The van der Waals surface area contributed by atoms with Crippen LogP contribution in [-0.2, 0) is 11.3 Å². The lowest BCUT2D eigenvalue weighted by Crippen LogP contribution is -2.20. The summed E-state index contributed by atoms with van der Waals surface area (Å²) in [6, 6.07) is 0. The van der Waals surface area contributed by atoms with Crippen molar-refractivity contribution in [3.8, 4) is 0 Å². The number of carbonyl (C=O) groups excluding carboxylic acids is 1. The van der Waals surface area contributed by atoms with Gasteiger partial charge in [0.25, 0.3) is 0 Å². The summed E-state index contributed by atoms with van der Waals surface area (Å²) in [5.74, 6) is -0.461. The average molecular weight is 249 g/mol. The summed E-state index contributed by atoms with van der Waals surface area (Å²) in [4.78, 5) is 13.7. The van der Waals surface area contributed by atoms with Crippen molar-refractivity contribution in [3.63, 3.8) is 0 Å². The number of hydrogen-bond acceptors (Lipinski definition) is 4. The van der Waals surface area contributed by atoms with Crippen LogP contribution in [0.3, 0.4) is 0 Å². The highest BCUT2D eigenvalue weighted by atomic mass is 16.5. The van der Waals surface area contributed by atoms with E-state index < -0.39 is 5.97 Å². The summed E-state index contributed by atoms with van der Waals surface area (Å²) in [7, 11) is 5.29. The Morgan fingerprint density at radius 3 is 2.56 bits per heavy atom. The van der Waals surface area contributed by atoms with Gasteiger partial charge in [-0.05, 0) is 20.2 Å². The van der Waals surface area contributed by atoms with E-state index in [4.69, 9.17) is 4.74 Å². The predicted octanol–water partition coefficient (Wildman–Crippen LogP) is 1.52. The molecule has 98 valence electrons. The van der Waals surface area contributed by atoms with E-state index in [0.29, 0.717) is 12.1 Å². The first-order chi connectivity index (χ1) is 8.54. The molecule has 0 saturated carbocycles. The summed E-state index contributed by atoms with van der Waals surface area (Å²) < 4.78 is 6.46. The molecule has 0 fully saturated rings. The first kappa shape index (κ1) is 14.2. The van der Waals surface area contributed by atoms with Crippen LogP contribution >= 0.6 is 0 Å². The van der Waals surface area contributed by atoms with E-state index in [-0.39, 0.29) is 5.69 Å². The van der Waals surface area contributed by atoms with Gasteiger partial charge in [-0.15, -0.1) is 0 Å². The van der Waals surface area contributed by atoms with Crippen LogP contribution in [0.4, 0.5) is 0 Å². The Kier molecular flexibility index (Phi) is 4.85. The summed E-state index contributed by atoms with van der Waals surface area (Å²) in [6.45, 7) is 8.95. The summed E-state index contributed by atoms with van der Waals surface area (Å²) in [6.07, 6.45) is 3.27. The number of likely N-dealkylation sites (N-methyl/N-ethyl adjacent to an activating group) is 1. The quantitative estimate of drug-likeness (QED) is 0.717. The number of ether oxygens (including phenoxy) is 1. The van der Waals surface area contributed by atoms with Crippen molar-refractivity contribution in [1.82, 2.24) is 14.7 Å². The molecular formula is C13H19N3O2. The van der Waals surface area contributed by atoms with Gasteiger partial charge in [-0.1, -0.05) is 19.2 Å². The topological polar surface area (TPSA) is 47.4 Å². The Bertz CT molecular complexity index is 461. The van der Waals surface area contributed by atoms with Crippen molar-refractivity contribution < 1.29 is 9.53 Å². The molecule has 0 saturated heterocycles. The van der Waals surface area contributed by atoms with Crippen molar-refractivity contribution in [1.29, 1.82) is 0 Å². The second-order valence-electron chi connectivity index (χ2n) is 4.07. The van der Waals surface area contributed by atoms with Gasteiger partial charge in [-0.25, -0.2) is 4.79 Å². The summed E-state index contributed by atoms with van der Waals surface area (Å²) in [5, 5.41) is 4.27. The molecule has 1 aromatic heterocycles. The molecule has 0 aliphatic heterocycles. The highest BCUT2D eigenvalue weighted by Crippen LogP contribution is 2.18. The Balaban J connectivity index is 3.18. The largest absolute Gasteiger partial charge is 0.464 e. The number of aromatic nitrogens is 2. The van der Waals surface area contributed by atoms with Crippen LogP contribution in [0.5, 0.6) is 0 Å². The van der Waals surface area contributed by atoms with Gasteiger partial charge >= 0.3 is 5.97 Å². The fraction of sp³-hybridized carbons (Fsp3) is 0.385. The minimum Gasteiger partial charge on any atom is -0.464 e. The van der Waals surface area contributed by atoms with Crippen LogP contribution < -0.4 is 0 Å².